The topological polar surface area (TPSA) is 0 Å². The molecule has 0 radical (unpaired) electrons. The average Bonchev–Trinajstić information content (AvgIpc) is 2.68. The summed E-state index contributed by atoms with van der Waals surface area (Å²) in [6.45, 7) is 2.11. The summed E-state index contributed by atoms with van der Waals surface area (Å²) in [7, 11) is 0. The Bertz CT molecular complexity index is 505. The molecule has 0 aliphatic rings. The fraction of sp³-hybridized carbons (Fsp3) is 0.167. The van der Waals surface area contributed by atoms with Crippen molar-refractivity contribution in [1.29, 1.82) is 0 Å². The minimum atomic E-state index is 0.274. The van der Waals surface area contributed by atoms with E-state index in [0.717, 1.165) is 4.47 Å². The molecule has 0 saturated heterocycles. The quantitative estimate of drug-likeness (QED) is 0.513. The number of rotatable bonds is 2. The fourth-order valence-electron chi connectivity index (χ4n) is 1.45. The summed E-state index contributed by atoms with van der Waals surface area (Å²) < 4.78 is 2.32. The Morgan fingerprint density at radius 2 is 1.88 bits per heavy atom. The molecule has 0 amide bonds. The third-order valence-electron chi connectivity index (χ3n) is 2.32. The highest BCUT2D eigenvalue weighted by Crippen LogP contribution is 2.37. The summed E-state index contributed by atoms with van der Waals surface area (Å²) in [6, 6.07) is 10.7. The van der Waals surface area contributed by atoms with Gasteiger partial charge in [-0.25, -0.2) is 0 Å². The predicted octanol–water partition coefficient (Wildman–Crippen LogP) is 6.07. The van der Waals surface area contributed by atoms with E-state index in [-0.39, 0.29) is 4.83 Å². The predicted molar refractivity (Wildman–Crippen MR) is 81.7 cm³/mol. The third-order valence-corrected chi connectivity index (χ3v) is 6.22. The normalized spacial score (nSPS) is 12.8. The smallest absolute Gasteiger partial charge is 0.0738 e. The van der Waals surface area contributed by atoms with Crippen LogP contribution in [-0.2, 0) is 0 Å². The lowest BCUT2D eigenvalue weighted by Gasteiger charge is -2.09. The lowest BCUT2D eigenvalue weighted by molar-refractivity contribution is 1.20. The first kappa shape index (κ1) is 12.8. The number of aryl methyl sites for hydroxylation is 1. The van der Waals surface area contributed by atoms with Gasteiger partial charge in [0.1, 0.15) is 0 Å². The van der Waals surface area contributed by atoms with E-state index in [9.17, 15) is 0 Å². The zero-order valence-electron chi connectivity index (χ0n) is 8.51. The maximum atomic E-state index is 3.74. The number of hydrogen-bond acceptors (Lipinski definition) is 1. The summed E-state index contributed by atoms with van der Waals surface area (Å²) in [5, 5.41) is 0. The first-order valence-electron chi connectivity index (χ1n) is 4.73. The van der Waals surface area contributed by atoms with Crippen molar-refractivity contribution in [3.63, 3.8) is 0 Å². The van der Waals surface area contributed by atoms with Crippen molar-refractivity contribution < 1.29 is 0 Å². The fourth-order valence-corrected chi connectivity index (χ4v) is 3.85. The molecule has 0 bridgehead atoms. The Kier molecular flexibility index (Phi) is 4.27. The van der Waals surface area contributed by atoms with E-state index in [1.807, 2.05) is 0 Å². The van der Waals surface area contributed by atoms with Crippen LogP contribution in [-0.4, -0.2) is 0 Å². The number of halogens is 3. The van der Waals surface area contributed by atoms with Gasteiger partial charge in [-0.2, -0.15) is 0 Å². The second-order valence-corrected chi connectivity index (χ2v) is 7.78. The van der Waals surface area contributed by atoms with E-state index in [0.29, 0.717) is 0 Å². The molecule has 2 aromatic rings. The van der Waals surface area contributed by atoms with Gasteiger partial charge in [0.25, 0.3) is 0 Å². The summed E-state index contributed by atoms with van der Waals surface area (Å²) in [4.78, 5) is 1.59. The van der Waals surface area contributed by atoms with Crippen LogP contribution in [0.2, 0.25) is 0 Å². The first-order chi connectivity index (χ1) is 7.58. The van der Waals surface area contributed by atoms with Gasteiger partial charge in [-0.3, -0.25) is 0 Å². The second-order valence-electron chi connectivity index (χ2n) is 3.51. The van der Waals surface area contributed by atoms with Gasteiger partial charge in [-0.05, 0) is 52.2 Å². The van der Waals surface area contributed by atoms with E-state index in [1.54, 1.807) is 11.3 Å². The van der Waals surface area contributed by atoms with Crippen LogP contribution in [0.3, 0.4) is 0 Å². The van der Waals surface area contributed by atoms with E-state index >= 15 is 0 Å². The van der Waals surface area contributed by atoms with Crippen molar-refractivity contribution in [2.45, 2.75) is 11.8 Å². The van der Waals surface area contributed by atoms with Crippen LogP contribution in [0.25, 0.3) is 0 Å². The molecule has 1 aromatic heterocycles. The van der Waals surface area contributed by atoms with Crippen molar-refractivity contribution in [2.24, 2.45) is 0 Å². The van der Waals surface area contributed by atoms with E-state index in [2.05, 4.69) is 85.0 Å². The summed E-state index contributed by atoms with van der Waals surface area (Å²) in [5.74, 6) is 0. The Labute approximate surface area is 124 Å². The molecule has 2 rings (SSSR count). The molecule has 0 nitrogen and oxygen atoms in total. The molecule has 1 unspecified atom stereocenters. The molecular formula is C12H9Br3S. The van der Waals surface area contributed by atoms with Crippen molar-refractivity contribution in [3.8, 4) is 0 Å². The van der Waals surface area contributed by atoms with Crippen LogP contribution in [0.1, 0.15) is 20.8 Å². The lowest BCUT2D eigenvalue weighted by atomic mass is 10.1. The number of hydrogen-bond donors (Lipinski definition) is 0. The first-order valence-corrected chi connectivity index (χ1v) is 8.05. The van der Waals surface area contributed by atoms with Gasteiger partial charge >= 0.3 is 0 Å². The van der Waals surface area contributed by atoms with E-state index < -0.39 is 0 Å². The largest absolute Gasteiger partial charge is 0.132 e. The van der Waals surface area contributed by atoms with Crippen molar-refractivity contribution in [2.75, 3.05) is 0 Å². The van der Waals surface area contributed by atoms with Gasteiger partial charge in [0.15, 0.2) is 0 Å². The number of alkyl halides is 1. The SMILES string of the molecule is Cc1cc(C(Br)c2ccc(Br)s2)ccc1Br. The number of thiophene rings is 1. The summed E-state index contributed by atoms with van der Waals surface area (Å²) >= 11 is 12.5. The minimum absolute atomic E-state index is 0.274. The van der Waals surface area contributed by atoms with Gasteiger partial charge in [-0.15, -0.1) is 11.3 Å². The van der Waals surface area contributed by atoms with Crippen molar-refractivity contribution >= 4 is 59.1 Å². The Hall–Kier alpha value is 0.360. The maximum Gasteiger partial charge on any atom is 0.0738 e. The zero-order valence-corrected chi connectivity index (χ0v) is 14.1. The monoisotopic (exact) mass is 422 g/mol. The zero-order chi connectivity index (χ0) is 11.7. The highest BCUT2D eigenvalue weighted by molar-refractivity contribution is 9.11. The van der Waals surface area contributed by atoms with Crippen molar-refractivity contribution in [3.05, 3.63) is 54.6 Å². The Morgan fingerprint density at radius 3 is 2.44 bits per heavy atom. The van der Waals surface area contributed by atoms with E-state index in [4.69, 9.17) is 0 Å². The van der Waals surface area contributed by atoms with Crippen LogP contribution in [0.15, 0.2) is 38.6 Å². The molecule has 1 heterocycles. The molecule has 0 N–H and O–H groups in total. The highest BCUT2D eigenvalue weighted by Gasteiger charge is 2.13. The molecule has 16 heavy (non-hydrogen) atoms. The summed E-state index contributed by atoms with van der Waals surface area (Å²) in [5.41, 5.74) is 2.55. The molecule has 0 saturated carbocycles. The minimum Gasteiger partial charge on any atom is -0.132 e. The molecular weight excluding hydrogens is 416 g/mol. The molecule has 1 aromatic carbocycles. The molecule has 0 aliphatic heterocycles. The highest BCUT2D eigenvalue weighted by atomic mass is 79.9. The standard InChI is InChI=1S/C12H9Br3S/c1-7-6-8(2-3-9(7)13)12(15)10-4-5-11(14)16-10/h2-6,12H,1H3. The van der Waals surface area contributed by atoms with Gasteiger partial charge < -0.3 is 0 Å². The van der Waals surface area contributed by atoms with Gasteiger partial charge in [0, 0.05) is 9.35 Å². The molecule has 0 fully saturated rings. The summed E-state index contributed by atoms with van der Waals surface area (Å²) in [6.07, 6.45) is 0. The van der Waals surface area contributed by atoms with Crippen LogP contribution in [0.4, 0.5) is 0 Å². The van der Waals surface area contributed by atoms with Crippen LogP contribution >= 0.6 is 59.1 Å². The third kappa shape index (κ3) is 2.78. The molecule has 0 spiro atoms. The molecule has 1 atom stereocenters. The molecule has 0 aliphatic carbocycles. The molecule has 4 heteroatoms. The van der Waals surface area contributed by atoms with Crippen LogP contribution in [0, 0.1) is 6.92 Å². The maximum absolute atomic E-state index is 3.74. The van der Waals surface area contributed by atoms with Gasteiger partial charge in [0.05, 0.1) is 8.61 Å². The lowest BCUT2D eigenvalue weighted by Crippen LogP contribution is -1.90. The Balaban J connectivity index is 2.33. The van der Waals surface area contributed by atoms with Crippen LogP contribution in [0.5, 0.6) is 0 Å². The van der Waals surface area contributed by atoms with Gasteiger partial charge in [0.2, 0.25) is 0 Å². The molecule has 84 valence electrons. The van der Waals surface area contributed by atoms with Crippen LogP contribution < -0.4 is 0 Å². The second kappa shape index (κ2) is 5.34. The van der Waals surface area contributed by atoms with E-state index in [1.165, 1.54) is 19.8 Å². The Morgan fingerprint density at radius 1 is 1.12 bits per heavy atom. The number of benzene rings is 1. The van der Waals surface area contributed by atoms with Gasteiger partial charge in [-0.1, -0.05) is 44.0 Å². The average molecular weight is 425 g/mol. The van der Waals surface area contributed by atoms with Crippen molar-refractivity contribution in [1.82, 2.24) is 0 Å².